The Labute approximate surface area is 127 Å². The number of aliphatic imine (C=N–C) groups is 1. The van der Waals surface area contributed by atoms with Crippen LogP contribution in [-0.4, -0.2) is 37.0 Å². The number of hydrogen-bond acceptors (Lipinski definition) is 2. The molecule has 0 amide bonds. The van der Waals surface area contributed by atoms with Crippen LogP contribution in [0.5, 0.6) is 0 Å². The Morgan fingerprint density at radius 2 is 1.83 bits per heavy atom. The summed E-state index contributed by atoms with van der Waals surface area (Å²) in [7, 11) is 0. The topological polar surface area (TPSA) is 53.6 Å². The van der Waals surface area contributed by atoms with Gasteiger partial charge in [-0.1, -0.05) is 32.0 Å². The first-order valence-electron chi connectivity index (χ1n) is 6.10. The van der Waals surface area contributed by atoms with E-state index in [4.69, 9.17) is 5.73 Å². The molecule has 0 saturated heterocycles. The molecular formula is C13H23IN4. The lowest BCUT2D eigenvalue weighted by Crippen LogP contribution is -2.28. The van der Waals surface area contributed by atoms with Gasteiger partial charge in [0, 0.05) is 12.2 Å². The number of likely N-dealkylation sites (N-methyl/N-ethyl adjacent to an activating group) is 1. The van der Waals surface area contributed by atoms with E-state index in [1.807, 2.05) is 30.3 Å². The molecule has 0 bridgehead atoms. The standard InChI is InChI=1S/C13H22N4.HI/c1-3-17(4-2)11-10-15-13(14)16-12-8-6-5-7-9-12;/h5-9H,3-4,10-11H2,1-2H3,(H3,14,15,16);1H. The van der Waals surface area contributed by atoms with Crippen molar-refractivity contribution in [3.05, 3.63) is 30.3 Å². The third-order valence-corrected chi connectivity index (χ3v) is 2.64. The van der Waals surface area contributed by atoms with Crippen molar-refractivity contribution < 1.29 is 0 Å². The number of para-hydroxylation sites is 1. The van der Waals surface area contributed by atoms with E-state index in [1.54, 1.807) is 0 Å². The van der Waals surface area contributed by atoms with E-state index in [0.717, 1.165) is 31.9 Å². The quantitative estimate of drug-likeness (QED) is 0.464. The number of nitrogens with two attached hydrogens (primary N) is 1. The molecule has 0 atom stereocenters. The first kappa shape index (κ1) is 17.2. The molecule has 1 rings (SSSR count). The number of hydrogen-bond donors (Lipinski definition) is 2. The Kier molecular flexibility index (Phi) is 9.67. The number of guanidine groups is 1. The van der Waals surface area contributed by atoms with Crippen LogP contribution in [0, 0.1) is 0 Å². The molecule has 0 aromatic heterocycles. The molecule has 102 valence electrons. The van der Waals surface area contributed by atoms with Crippen LogP contribution >= 0.6 is 24.0 Å². The van der Waals surface area contributed by atoms with Crippen molar-refractivity contribution in [1.29, 1.82) is 0 Å². The highest BCUT2D eigenvalue weighted by molar-refractivity contribution is 14.0. The van der Waals surface area contributed by atoms with Gasteiger partial charge in [-0.05, 0) is 25.2 Å². The third-order valence-electron chi connectivity index (χ3n) is 2.64. The number of halogens is 1. The van der Waals surface area contributed by atoms with Crippen LogP contribution in [0.3, 0.4) is 0 Å². The van der Waals surface area contributed by atoms with E-state index < -0.39 is 0 Å². The molecule has 0 saturated carbocycles. The smallest absolute Gasteiger partial charge is 0.193 e. The zero-order valence-electron chi connectivity index (χ0n) is 11.1. The maximum Gasteiger partial charge on any atom is 0.193 e. The van der Waals surface area contributed by atoms with Gasteiger partial charge in [0.05, 0.1) is 6.54 Å². The highest BCUT2D eigenvalue weighted by atomic mass is 127. The molecule has 0 unspecified atom stereocenters. The van der Waals surface area contributed by atoms with Gasteiger partial charge in [-0.3, -0.25) is 4.99 Å². The van der Waals surface area contributed by atoms with Crippen molar-refractivity contribution in [3.63, 3.8) is 0 Å². The lowest BCUT2D eigenvalue weighted by Gasteiger charge is -2.16. The van der Waals surface area contributed by atoms with Gasteiger partial charge in [0.2, 0.25) is 0 Å². The van der Waals surface area contributed by atoms with Crippen molar-refractivity contribution in [3.8, 4) is 0 Å². The predicted molar refractivity (Wildman–Crippen MR) is 89.8 cm³/mol. The number of nitrogens with one attached hydrogen (secondary N) is 1. The lowest BCUT2D eigenvalue weighted by atomic mass is 10.3. The molecule has 3 N–H and O–H groups in total. The fourth-order valence-electron chi connectivity index (χ4n) is 1.56. The Balaban J connectivity index is 0.00000289. The van der Waals surface area contributed by atoms with Crippen LogP contribution in [0.4, 0.5) is 5.69 Å². The Morgan fingerprint density at radius 1 is 1.22 bits per heavy atom. The number of rotatable bonds is 6. The molecule has 0 aliphatic rings. The second-order valence-electron chi connectivity index (χ2n) is 3.78. The summed E-state index contributed by atoms with van der Waals surface area (Å²) in [5.41, 5.74) is 6.76. The van der Waals surface area contributed by atoms with Gasteiger partial charge in [0.25, 0.3) is 0 Å². The summed E-state index contributed by atoms with van der Waals surface area (Å²) in [5.74, 6) is 0.475. The summed E-state index contributed by atoms with van der Waals surface area (Å²) in [4.78, 5) is 6.62. The van der Waals surface area contributed by atoms with Gasteiger partial charge in [-0.2, -0.15) is 0 Å². The highest BCUT2D eigenvalue weighted by Gasteiger charge is 1.97. The van der Waals surface area contributed by atoms with Crippen LogP contribution < -0.4 is 11.1 Å². The summed E-state index contributed by atoms with van der Waals surface area (Å²) in [6.45, 7) is 8.09. The summed E-state index contributed by atoms with van der Waals surface area (Å²) < 4.78 is 0. The molecule has 5 heteroatoms. The average molecular weight is 362 g/mol. The molecule has 1 aromatic carbocycles. The van der Waals surface area contributed by atoms with Gasteiger partial charge < -0.3 is 16.0 Å². The molecule has 1 aromatic rings. The molecule has 0 aliphatic carbocycles. The molecular weight excluding hydrogens is 339 g/mol. The average Bonchev–Trinajstić information content (AvgIpc) is 2.36. The second-order valence-corrected chi connectivity index (χ2v) is 3.78. The van der Waals surface area contributed by atoms with Crippen LogP contribution in [0.15, 0.2) is 35.3 Å². The van der Waals surface area contributed by atoms with E-state index in [2.05, 4.69) is 29.1 Å². The summed E-state index contributed by atoms with van der Waals surface area (Å²) >= 11 is 0. The van der Waals surface area contributed by atoms with Gasteiger partial charge in [-0.15, -0.1) is 24.0 Å². The monoisotopic (exact) mass is 362 g/mol. The molecule has 18 heavy (non-hydrogen) atoms. The molecule has 0 radical (unpaired) electrons. The van der Waals surface area contributed by atoms with E-state index in [9.17, 15) is 0 Å². The Bertz CT molecular complexity index is 336. The maximum absolute atomic E-state index is 5.80. The second kappa shape index (κ2) is 10.1. The largest absolute Gasteiger partial charge is 0.370 e. The minimum Gasteiger partial charge on any atom is -0.370 e. The lowest BCUT2D eigenvalue weighted by molar-refractivity contribution is 0.313. The summed E-state index contributed by atoms with van der Waals surface area (Å²) in [6.07, 6.45) is 0. The minimum atomic E-state index is 0. The molecule has 0 fully saturated rings. The number of anilines is 1. The van der Waals surface area contributed by atoms with Gasteiger partial charge in [0.15, 0.2) is 5.96 Å². The SMILES string of the molecule is CCN(CC)CCN=C(N)Nc1ccccc1.I. The summed E-state index contributed by atoms with van der Waals surface area (Å²) in [5, 5.41) is 3.06. The normalized spacial score (nSPS) is 11.2. The zero-order valence-corrected chi connectivity index (χ0v) is 13.4. The van der Waals surface area contributed by atoms with Crippen molar-refractivity contribution in [2.45, 2.75) is 13.8 Å². The molecule has 4 nitrogen and oxygen atoms in total. The van der Waals surface area contributed by atoms with Crippen molar-refractivity contribution in [1.82, 2.24) is 4.90 Å². The van der Waals surface area contributed by atoms with E-state index in [-0.39, 0.29) is 24.0 Å². The minimum absolute atomic E-state index is 0. The fraction of sp³-hybridized carbons (Fsp3) is 0.462. The first-order valence-corrected chi connectivity index (χ1v) is 6.10. The van der Waals surface area contributed by atoms with Crippen LogP contribution in [0.1, 0.15) is 13.8 Å². The van der Waals surface area contributed by atoms with Crippen molar-refractivity contribution in [2.24, 2.45) is 10.7 Å². The Hall–Kier alpha value is -0.820. The Morgan fingerprint density at radius 3 is 2.39 bits per heavy atom. The predicted octanol–water partition coefficient (Wildman–Crippen LogP) is 2.37. The number of benzene rings is 1. The van der Waals surface area contributed by atoms with Gasteiger partial charge in [0.1, 0.15) is 0 Å². The third kappa shape index (κ3) is 6.80. The van der Waals surface area contributed by atoms with Crippen molar-refractivity contribution >= 4 is 35.6 Å². The van der Waals surface area contributed by atoms with Crippen LogP contribution in [0.2, 0.25) is 0 Å². The number of nitrogens with zero attached hydrogens (tertiary/aromatic N) is 2. The highest BCUT2D eigenvalue weighted by Crippen LogP contribution is 2.03. The molecule has 0 aliphatic heterocycles. The van der Waals surface area contributed by atoms with Gasteiger partial charge >= 0.3 is 0 Å². The van der Waals surface area contributed by atoms with Gasteiger partial charge in [-0.25, -0.2) is 0 Å². The fourth-order valence-corrected chi connectivity index (χ4v) is 1.56. The van der Waals surface area contributed by atoms with Crippen LogP contribution in [0.25, 0.3) is 0 Å². The van der Waals surface area contributed by atoms with E-state index in [1.165, 1.54) is 0 Å². The van der Waals surface area contributed by atoms with E-state index in [0.29, 0.717) is 5.96 Å². The zero-order chi connectivity index (χ0) is 12.5. The first-order chi connectivity index (χ1) is 8.26. The van der Waals surface area contributed by atoms with Crippen LogP contribution in [-0.2, 0) is 0 Å². The van der Waals surface area contributed by atoms with E-state index >= 15 is 0 Å². The summed E-state index contributed by atoms with van der Waals surface area (Å²) in [6, 6.07) is 9.83. The van der Waals surface area contributed by atoms with Crippen molar-refractivity contribution in [2.75, 3.05) is 31.5 Å². The molecule has 0 heterocycles. The molecule has 0 spiro atoms. The maximum atomic E-state index is 5.80.